The molecule has 0 bridgehead atoms. The molecule has 1 aromatic carbocycles. The van der Waals surface area contributed by atoms with E-state index in [1.807, 2.05) is 0 Å². The second-order valence-electron chi connectivity index (χ2n) is 3.90. The summed E-state index contributed by atoms with van der Waals surface area (Å²) < 4.78 is 26.7. The van der Waals surface area contributed by atoms with Crippen LogP contribution >= 0.6 is 7.75 Å². The molecule has 1 rings (SSSR count). The molecule has 116 valence electrons. The Morgan fingerprint density at radius 1 is 1.33 bits per heavy atom. The van der Waals surface area contributed by atoms with Crippen molar-refractivity contribution in [1.29, 1.82) is 0 Å². The van der Waals surface area contributed by atoms with Crippen LogP contribution in [0.1, 0.15) is 6.92 Å². The molecular formula is C11H15N2O7P. The van der Waals surface area contributed by atoms with Gasteiger partial charge in [0, 0.05) is 19.2 Å². The number of nitro groups is 1. The minimum atomic E-state index is -3.80. The molecule has 0 spiro atoms. The number of carbonyl (C=O) groups is 1. The van der Waals surface area contributed by atoms with Gasteiger partial charge >= 0.3 is 13.7 Å². The highest BCUT2D eigenvalue weighted by Gasteiger charge is 2.30. The first-order valence-electron chi connectivity index (χ1n) is 5.77. The Morgan fingerprint density at radius 2 is 1.90 bits per heavy atom. The fourth-order valence-electron chi connectivity index (χ4n) is 1.35. The first kappa shape index (κ1) is 17.1. The van der Waals surface area contributed by atoms with Crippen LogP contribution in [0.15, 0.2) is 24.3 Å². The summed E-state index contributed by atoms with van der Waals surface area (Å²) in [4.78, 5) is 21.2. The number of hydrogen-bond donors (Lipinski definition) is 1. The summed E-state index contributed by atoms with van der Waals surface area (Å²) in [6.07, 6.45) is 0. The SMILES string of the molecule is COC(=O)[C@H](C)NP(=O)(OC)Oc1ccc([N+](=O)[O-])cc1. The average molecular weight is 318 g/mol. The standard InChI is InChI=1S/C11H15N2O7P/c1-8(11(14)18-2)12-21(17,19-3)20-10-6-4-9(5-7-10)13(15)16/h4-8H,1-3H3,(H,12,17)/t8-,21?/m0/s1. The quantitative estimate of drug-likeness (QED) is 0.350. The number of methoxy groups -OCH3 is 1. The summed E-state index contributed by atoms with van der Waals surface area (Å²) in [6, 6.07) is 4.01. The van der Waals surface area contributed by atoms with Gasteiger partial charge in [-0.2, -0.15) is 5.09 Å². The Kier molecular flexibility index (Phi) is 5.83. The van der Waals surface area contributed by atoms with Gasteiger partial charge in [-0.25, -0.2) is 4.57 Å². The van der Waals surface area contributed by atoms with Gasteiger partial charge in [0.15, 0.2) is 0 Å². The monoisotopic (exact) mass is 318 g/mol. The van der Waals surface area contributed by atoms with Crippen LogP contribution < -0.4 is 9.61 Å². The van der Waals surface area contributed by atoms with Crippen molar-refractivity contribution < 1.29 is 28.1 Å². The van der Waals surface area contributed by atoms with Gasteiger partial charge in [0.25, 0.3) is 5.69 Å². The van der Waals surface area contributed by atoms with E-state index in [0.717, 1.165) is 7.11 Å². The van der Waals surface area contributed by atoms with Crippen molar-refractivity contribution >= 4 is 19.4 Å². The van der Waals surface area contributed by atoms with E-state index in [1.165, 1.54) is 38.3 Å². The lowest BCUT2D eigenvalue weighted by Gasteiger charge is -2.20. The van der Waals surface area contributed by atoms with E-state index >= 15 is 0 Å². The molecule has 1 N–H and O–H groups in total. The van der Waals surface area contributed by atoms with Gasteiger partial charge in [-0.3, -0.25) is 19.4 Å². The highest BCUT2D eigenvalue weighted by atomic mass is 31.2. The lowest BCUT2D eigenvalue weighted by molar-refractivity contribution is -0.384. The second kappa shape index (κ2) is 7.16. The van der Waals surface area contributed by atoms with Crippen LogP contribution in [0.25, 0.3) is 0 Å². The molecule has 2 atom stereocenters. The first-order valence-corrected chi connectivity index (χ1v) is 7.31. The van der Waals surface area contributed by atoms with Gasteiger partial charge in [-0.15, -0.1) is 0 Å². The van der Waals surface area contributed by atoms with E-state index in [4.69, 9.17) is 9.05 Å². The molecule has 0 saturated heterocycles. The molecule has 0 aliphatic carbocycles. The Balaban J connectivity index is 2.83. The van der Waals surface area contributed by atoms with E-state index in [-0.39, 0.29) is 11.4 Å². The minimum Gasteiger partial charge on any atom is -0.468 e. The van der Waals surface area contributed by atoms with Gasteiger partial charge in [0.1, 0.15) is 11.8 Å². The Morgan fingerprint density at radius 3 is 2.33 bits per heavy atom. The second-order valence-corrected chi connectivity index (χ2v) is 5.70. The third kappa shape index (κ3) is 4.82. The maximum Gasteiger partial charge on any atom is 0.459 e. The molecule has 0 radical (unpaired) electrons. The zero-order chi connectivity index (χ0) is 16.0. The van der Waals surface area contributed by atoms with Gasteiger partial charge in [0.05, 0.1) is 12.0 Å². The minimum absolute atomic E-state index is 0.0929. The van der Waals surface area contributed by atoms with E-state index in [9.17, 15) is 19.5 Å². The van der Waals surface area contributed by atoms with Crippen LogP contribution in [0.2, 0.25) is 0 Å². The molecule has 1 unspecified atom stereocenters. The number of benzene rings is 1. The van der Waals surface area contributed by atoms with Gasteiger partial charge in [0.2, 0.25) is 0 Å². The molecule has 0 aromatic heterocycles. The highest BCUT2D eigenvalue weighted by Crippen LogP contribution is 2.44. The molecule has 0 aliphatic rings. The largest absolute Gasteiger partial charge is 0.468 e. The van der Waals surface area contributed by atoms with Crippen LogP contribution in [0.3, 0.4) is 0 Å². The van der Waals surface area contributed by atoms with Crippen LogP contribution in [0.5, 0.6) is 5.75 Å². The predicted octanol–water partition coefficient (Wildman–Crippen LogP) is 1.88. The van der Waals surface area contributed by atoms with Crippen molar-refractivity contribution in [3.63, 3.8) is 0 Å². The lowest BCUT2D eigenvalue weighted by atomic mass is 10.3. The number of ether oxygens (including phenoxy) is 1. The summed E-state index contributed by atoms with van der Waals surface area (Å²) >= 11 is 0. The van der Waals surface area contributed by atoms with Crippen molar-refractivity contribution in [2.45, 2.75) is 13.0 Å². The highest BCUT2D eigenvalue weighted by molar-refractivity contribution is 7.52. The van der Waals surface area contributed by atoms with Gasteiger partial charge in [-0.1, -0.05) is 0 Å². The van der Waals surface area contributed by atoms with E-state index < -0.39 is 24.7 Å². The summed E-state index contributed by atoms with van der Waals surface area (Å²) in [5, 5.41) is 12.9. The van der Waals surface area contributed by atoms with Crippen molar-refractivity contribution in [3.05, 3.63) is 34.4 Å². The molecule has 0 fully saturated rings. The summed E-state index contributed by atoms with van der Waals surface area (Å²) in [7, 11) is -1.47. The molecule has 21 heavy (non-hydrogen) atoms. The zero-order valence-electron chi connectivity index (χ0n) is 11.6. The summed E-state index contributed by atoms with van der Waals surface area (Å²) in [6.45, 7) is 1.43. The molecule has 9 nitrogen and oxygen atoms in total. The molecule has 0 aliphatic heterocycles. The van der Waals surface area contributed by atoms with Crippen LogP contribution in [-0.4, -0.2) is 31.2 Å². The van der Waals surface area contributed by atoms with E-state index in [1.54, 1.807) is 0 Å². The number of rotatable bonds is 7. The molecule has 1 aromatic rings. The third-order valence-corrected chi connectivity index (χ3v) is 4.06. The number of carbonyl (C=O) groups excluding carboxylic acids is 1. The van der Waals surface area contributed by atoms with E-state index in [0.29, 0.717) is 0 Å². The van der Waals surface area contributed by atoms with Gasteiger partial charge < -0.3 is 9.26 Å². The first-order chi connectivity index (χ1) is 9.81. The van der Waals surface area contributed by atoms with Crippen molar-refractivity contribution in [1.82, 2.24) is 5.09 Å². The fraction of sp³-hybridized carbons (Fsp3) is 0.364. The Hall–Kier alpha value is -1.96. The Labute approximate surface area is 120 Å². The molecule has 0 heterocycles. The number of nitro benzene ring substituents is 1. The number of hydrogen-bond acceptors (Lipinski definition) is 7. The average Bonchev–Trinajstić information content (AvgIpc) is 2.46. The van der Waals surface area contributed by atoms with Crippen LogP contribution in [0.4, 0.5) is 5.69 Å². The van der Waals surface area contributed by atoms with Crippen LogP contribution in [-0.2, 0) is 18.6 Å². The Bertz CT molecular complexity index is 560. The maximum atomic E-state index is 12.3. The molecular weight excluding hydrogens is 303 g/mol. The summed E-state index contributed by atoms with van der Waals surface area (Å²) in [5.41, 5.74) is -0.134. The van der Waals surface area contributed by atoms with Gasteiger partial charge in [-0.05, 0) is 19.1 Å². The molecule has 0 saturated carbocycles. The van der Waals surface area contributed by atoms with E-state index in [2.05, 4.69) is 9.82 Å². The summed E-state index contributed by atoms with van der Waals surface area (Å²) in [5.74, 6) is -0.546. The number of esters is 1. The van der Waals surface area contributed by atoms with Crippen LogP contribution in [0, 0.1) is 10.1 Å². The van der Waals surface area contributed by atoms with Crippen molar-refractivity contribution in [2.75, 3.05) is 14.2 Å². The maximum absolute atomic E-state index is 12.3. The molecule has 0 amide bonds. The normalized spacial score (nSPS) is 14.8. The predicted molar refractivity (Wildman–Crippen MR) is 73.0 cm³/mol. The zero-order valence-corrected chi connectivity index (χ0v) is 12.5. The molecule has 10 heteroatoms. The smallest absolute Gasteiger partial charge is 0.459 e. The number of nitrogens with zero attached hydrogens (tertiary/aromatic N) is 1. The topological polar surface area (TPSA) is 117 Å². The number of nitrogens with one attached hydrogen (secondary N) is 1. The van der Waals surface area contributed by atoms with Crippen molar-refractivity contribution in [2.24, 2.45) is 0 Å². The fourth-order valence-corrected chi connectivity index (χ4v) is 2.56. The lowest BCUT2D eigenvalue weighted by Crippen LogP contribution is -2.34. The third-order valence-electron chi connectivity index (χ3n) is 2.42. The number of non-ortho nitro benzene ring substituents is 1. The van der Waals surface area contributed by atoms with Crippen molar-refractivity contribution in [3.8, 4) is 5.75 Å².